The number of rotatable bonds is 0. The van der Waals surface area contributed by atoms with Gasteiger partial charge in [0, 0.05) is 31.7 Å². The summed E-state index contributed by atoms with van der Waals surface area (Å²) in [4.78, 5) is 4.81. The molecule has 4 aromatic carbocycles. The van der Waals surface area contributed by atoms with Crippen molar-refractivity contribution in [1.82, 2.24) is 4.98 Å². The Morgan fingerprint density at radius 2 is 1.30 bits per heavy atom. The van der Waals surface area contributed by atoms with Crippen molar-refractivity contribution in [3.05, 3.63) is 126 Å². The van der Waals surface area contributed by atoms with Crippen LogP contribution < -0.4 is 0 Å². The molecule has 0 bridgehead atoms. The van der Waals surface area contributed by atoms with E-state index in [1.54, 1.807) is 0 Å². The van der Waals surface area contributed by atoms with Crippen molar-refractivity contribution in [2.75, 3.05) is 0 Å². The van der Waals surface area contributed by atoms with E-state index >= 15 is 0 Å². The summed E-state index contributed by atoms with van der Waals surface area (Å²) in [5.41, 5.74) is 9.76. The molecule has 30 heavy (non-hydrogen) atoms. The summed E-state index contributed by atoms with van der Waals surface area (Å²) in [6.45, 7) is 0. The van der Waals surface area contributed by atoms with Gasteiger partial charge in [-0.3, -0.25) is 0 Å². The molecule has 0 aliphatic heterocycles. The van der Waals surface area contributed by atoms with E-state index in [1.165, 1.54) is 44.2 Å². The van der Waals surface area contributed by atoms with Crippen LogP contribution in [-0.2, 0) is 25.5 Å². The van der Waals surface area contributed by atoms with Crippen LogP contribution in [0.3, 0.4) is 0 Å². The molecule has 2 heteroatoms. The summed E-state index contributed by atoms with van der Waals surface area (Å²) in [6, 6.07) is 36.4. The summed E-state index contributed by atoms with van der Waals surface area (Å²) in [5.74, 6) is 0. The van der Waals surface area contributed by atoms with Gasteiger partial charge in [0.1, 0.15) is 0 Å². The van der Waals surface area contributed by atoms with Crippen LogP contribution >= 0.6 is 0 Å². The van der Waals surface area contributed by atoms with Crippen LogP contribution in [-0.4, -0.2) is 4.98 Å². The Labute approximate surface area is 188 Å². The minimum atomic E-state index is -0.337. The zero-order valence-electron chi connectivity index (χ0n) is 16.0. The van der Waals surface area contributed by atoms with Gasteiger partial charge in [0.15, 0.2) is 0 Å². The van der Waals surface area contributed by atoms with Gasteiger partial charge in [-0.25, -0.2) is 0 Å². The number of aromatic nitrogens is 1. The summed E-state index contributed by atoms with van der Waals surface area (Å²) in [7, 11) is 0. The molecule has 2 aliphatic rings. The predicted molar refractivity (Wildman–Crippen MR) is 117 cm³/mol. The van der Waals surface area contributed by atoms with Crippen molar-refractivity contribution in [3.8, 4) is 22.4 Å². The third-order valence-electron chi connectivity index (χ3n) is 6.64. The van der Waals surface area contributed by atoms with Crippen LogP contribution in [0.25, 0.3) is 33.2 Å². The SMILES string of the molecule is [Ir].[c-]1cccc2c1-c1nccc3cccc(c13)C21c2ccccc2-c2ccccc21. The first kappa shape index (κ1) is 17.8. The average molecular weight is 559 g/mol. The maximum Gasteiger partial charge on any atom is 0.0378 e. The van der Waals surface area contributed by atoms with Crippen molar-refractivity contribution in [2.45, 2.75) is 5.41 Å². The molecular formula is C28H16IrN-. The summed E-state index contributed by atoms with van der Waals surface area (Å²) < 4.78 is 0. The molecular weight excluding hydrogens is 543 g/mol. The first-order valence-corrected chi connectivity index (χ1v) is 10.00. The maximum atomic E-state index is 4.81. The van der Waals surface area contributed by atoms with Crippen molar-refractivity contribution >= 4 is 10.8 Å². The first-order valence-electron chi connectivity index (χ1n) is 10.00. The first-order chi connectivity index (χ1) is 14.4. The second-order valence-electron chi connectivity index (χ2n) is 7.86. The minimum Gasteiger partial charge on any atom is -0.304 e. The molecule has 1 heterocycles. The normalized spacial score (nSPS) is 14.0. The largest absolute Gasteiger partial charge is 0.304 e. The Balaban J connectivity index is 0.00000175. The Hall–Kier alpha value is -3.06. The van der Waals surface area contributed by atoms with Crippen LogP contribution in [0.15, 0.2) is 97.2 Å². The van der Waals surface area contributed by atoms with E-state index in [2.05, 4.69) is 91.0 Å². The molecule has 1 nitrogen and oxygen atoms in total. The number of pyridine rings is 1. The minimum absolute atomic E-state index is 0. The van der Waals surface area contributed by atoms with E-state index < -0.39 is 0 Å². The smallest absolute Gasteiger partial charge is 0.0378 e. The quantitative estimate of drug-likeness (QED) is 0.197. The Morgan fingerprint density at radius 3 is 2.07 bits per heavy atom. The van der Waals surface area contributed by atoms with Gasteiger partial charge in [0.2, 0.25) is 0 Å². The molecule has 7 rings (SSSR count). The van der Waals surface area contributed by atoms with Crippen LogP contribution in [0.5, 0.6) is 0 Å². The molecule has 0 N–H and O–H groups in total. The Kier molecular flexibility index (Phi) is 3.68. The van der Waals surface area contributed by atoms with Crippen LogP contribution in [0.2, 0.25) is 0 Å². The van der Waals surface area contributed by atoms with E-state index in [0.29, 0.717) is 0 Å². The fourth-order valence-corrected chi connectivity index (χ4v) is 5.64. The van der Waals surface area contributed by atoms with E-state index in [9.17, 15) is 0 Å². The predicted octanol–water partition coefficient (Wildman–Crippen LogP) is 6.38. The third-order valence-corrected chi connectivity index (χ3v) is 6.64. The molecule has 1 spiro atoms. The van der Waals surface area contributed by atoms with Crippen LogP contribution in [0.4, 0.5) is 0 Å². The summed E-state index contributed by atoms with van der Waals surface area (Å²) >= 11 is 0. The fraction of sp³-hybridized carbons (Fsp3) is 0.0357. The second-order valence-corrected chi connectivity index (χ2v) is 7.86. The monoisotopic (exact) mass is 559 g/mol. The van der Waals surface area contributed by atoms with Gasteiger partial charge < -0.3 is 4.98 Å². The zero-order chi connectivity index (χ0) is 19.0. The number of benzene rings is 4. The van der Waals surface area contributed by atoms with Gasteiger partial charge in [-0.1, -0.05) is 66.7 Å². The van der Waals surface area contributed by atoms with E-state index in [1.807, 2.05) is 12.3 Å². The maximum absolute atomic E-state index is 4.81. The standard InChI is InChI=1S/C28H16N.Ir/c1-4-12-22-19(9-1)20-10-2-5-13-23(20)28(22)24-14-6-3-11-21(24)27-26-18(16-17-29-27)8-7-15-25(26)28;/h1-10,12-17H;/q-1;. The van der Waals surface area contributed by atoms with Crippen molar-refractivity contribution in [2.24, 2.45) is 0 Å². The molecule has 143 valence electrons. The van der Waals surface area contributed by atoms with Crippen molar-refractivity contribution < 1.29 is 20.1 Å². The van der Waals surface area contributed by atoms with Gasteiger partial charge in [0.25, 0.3) is 0 Å². The Morgan fingerprint density at radius 1 is 0.633 bits per heavy atom. The average Bonchev–Trinajstić information content (AvgIpc) is 3.09. The molecule has 0 atom stereocenters. The van der Waals surface area contributed by atoms with Crippen molar-refractivity contribution in [1.29, 1.82) is 0 Å². The van der Waals surface area contributed by atoms with Gasteiger partial charge >= 0.3 is 0 Å². The fourth-order valence-electron chi connectivity index (χ4n) is 5.64. The van der Waals surface area contributed by atoms with Gasteiger partial charge in [-0.05, 0) is 50.4 Å². The Bertz CT molecular complexity index is 1420. The van der Waals surface area contributed by atoms with Gasteiger partial charge in [0.05, 0.1) is 0 Å². The third kappa shape index (κ3) is 1.94. The van der Waals surface area contributed by atoms with E-state index in [0.717, 1.165) is 11.3 Å². The molecule has 5 aromatic rings. The van der Waals surface area contributed by atoms with Crippen LogP contribution in [0, 0.1) is 6.07 Å². The van der Waals surface area contributed by atoms with E-state index in [-0.39, 0.29) is 25.5 Å². The van der Waals surface area contributed by atoms with Gasteiger partial charge in [-0.2, -0.15) is 0 Å². The molecule has 1 radical (unpaired) electrons. The summed E-state index contributed by atoms with van der Waals surface area (Å²) in [6.07, 6.45) is 1.92. The molecule has 0 unspecified atom stereocenters. The van der Waals surface area contributed by atoms with Crippen molar-refractivity contribution in [3.63, 3.8) is 0 Å². The molecule has 1 aromatic heterocycles. The molecule has 0 saturated carbocycles. The second kappa shape index (κ2) is 6.22. The number of hydrogen-bond acceptors (Lipinski definition) is 1. The van der Waals surface area contributed by atoms with Crippen LogP contribution in [0.1, 0.15) is 22.3 Å². The molecule has 0 amide bonds. The topological polar surface area (TPSA) is 12.9 Å². The van der Waals surface area contributed by atoms with Gasteiger partial charge in [-0.15, -0.1) is 35.4 Å². The number of fused-ring (bicyclic) bond motifs is 9. The summed E-state index contributed by atoms with van der Waals surface area (Å²) in [5, 5.41) is 2.48. The molecule has 2 aliphatic carbocycles. The number of nitrogens with zero attached hydrogens (tertiary/aromatic N) is 1. The molecule has 0 fully saturated rings. The zero-order valence-corrected chi connectivity index (χ0v) is 18.4. The van der Waals surface area contributed by atoms with E-state index in [4.69, 9.17) is 4.98 Å². The molecule has 0 saturated heterocycles. The number of hydrogen-bond donors (Lipinski definition) is 0.